The molecule has 0 saturated heterocycles. The standard InChI is InChI=1S/C12H17NO4/c1-10-5-6-11(13(15)16)12(9-10)17-8-4-2-3-7-14/h5-6,9,14H,2-4,7-8H2,1H3. The molecule has 0 amide bonds. The van der Waals surface area contributed by atoms with E-state index >= 15 is 0 Å². The summed E-state index contributed by atoms with van der Waals surface area (Å²) in [4.78, 5) is 10.3. The molecule has 0 aliphatic carbocycles. The van der Waals surface area contributed by atoms with E-state index in [4.69, 9.17) is 9.84 Å². The minimum Gasteiger partial charge on any atom is -0.487 e. The van der Waals surface area contributed by atoms with Crippen molar-refractivity contribution >= 4 is 5.69 Å². The van der Waals surface area contributed by atoms with Gasteiger partial charge in [0.1, 0.15) is 0 Å². The lowest BCUT2D eigenvalue weighted by atomic mass is 10.2. The van der Waals surface area contributed by atoms with Crippen molar-refractivity contribution in [3.8, 4) is 5.75 Å². The molecule has 0 atom stereocenters. The fraction of sp³-hybridized carbons (Fsp3) is 0.500. The van der Waals surface area contributed by atoms with E-state index in [1.165, 1.54) is 6.07 Å². The van der Waals surface area contributed by atoms with Crippen molar-refractivity contribution in [2.24, 2.45) is 0 Å². The van der Waals surface area contributed by atoms with Crippen LogP contribution in [0.3, 0.4) is 0 Å². The SMILES string of the molecule is Cc1ccc([N+](=O)[O-])c(OCCCCCO)c1. The number of ether oxygens (including phenoxy) is 1. The van der Waals surface area contributed by atoms with Crippen LogP contribution in [0.4, 0.5) is 5.69 Å². The summed E-state index contributed by atoms with van der Waals surface area (Å²) in [7, 11) is 0. The van der Waals surface area contributed by atoms with Crippen LogP contribution >= 0.6 is 0 Å². The smallest absolute Gasteiger partial charge is 0.310 e. The molecule has 17 heavy (non-hydrogen) atoms. The number of hydrogen-bond acceptors (Lipinski definition) is 4. The summed E-state index contributed by atoms with van der Waals surface area (Å²) in [5, 5.41) is 19.4. The quantitative estimate of drug-likeness (QED) is 0.450. The van der Waals surface area contributed by atoms with Crippen molar-refractivity contribution in [2.75, 3.05) is 13.2 Å². The van der Waals surface area contributed by atoms with Gasteiger partial charge in [-0.1, -0.05) is 6.07 Å². The van der Waals surface area contributed by atoms with Gasteiger partial charge in [-0.15, -0.1) is 0 Å². The highest BCUT2D eigenvalue weighted by molar-refractivity contribution is 5.48. The van der Waals surface area contributed by atoms with Gasteiger partial charge in [0, 0.05) is 12.7 Å². The Morgan fingerprint density at radius 3 is 2.76 bits per heavy atom. The number of aryl methyl sites for hydroxylation is 1. The highest BCUT2D eigenvalue weighted by atomic mass is 16.6. The lowest BCUT2D eigenvalue weighted by molar-refractivity contribution is -0.385. The van der Waals surface area contributed by atoms with Gasteiger partial charge in [0.2, 0.25) is 0 Å². The summed E-state index contributed by atoms with van der Waals surface area (Å²) in [6.45, 7) is 2.47. The largest absolute Gasteiger partial charge is 0.487 e. The minimum absolute atomic E-state index is 0.00208. The van der Waals surface area contributed by atoms with Gasteiger partial charge in [-0.3, -0.25) is 10.1 Å². The van der Waals surface area contributed by atoms with Crippen molar-refractivity contribution in [2.45, 2.75) is 26.2 Å². The fourth-order valence-electron chi connectivity index (χ4n) is 1.46. The van der Waals surface area contributed by atoms with Crippen LogP contribution in [-0.2, 0) is 0 Å². The third-order valence-corrected chi connectivity index (χ3v) is 2.37. The molecule has 0 spiro atoms. The highest BCUT2D eigenvalue weighted by Gasteiger charge is 2.14. The lowest BCUT2D eigenvalue weighted by Crippen LogP contribution is -2.01. The minimum atomic E-state index is -0.442. The van der Waals surface area contributed by atoms with Gasteiger partial charge in [0.25, 0.3) is 0 Å². The molecule has 0 unspecified atom stereocenters. The maximum Gasteiger partial charge on any atom is 0.310 e. The Balaban J connectivity index is 2.56. The third kappa shape index (κ3) is 4.40. The average Bonchev–Trinajstić information content (AvgIpc) is 2.28. The summed E-state index contributed by atoms with van der Waals surface area (Å²) in [5.74, 6) is 0.319. The summed E-state index contributed by atoms with van der Waals surface area (Å²) in [5.41, 5.74) is 0.929. The van der Waals surface area contributed by atoms with Gasteiger partial charge in [-0.25, -0.2) is 0 Å². The van der Waals surface area contributed by atoms with Crippen molar-refractivity contribution in [1.82, 2.24) is 0 Å². The normalized spacial score (nSPS) is 10.2. The van der Waals surface area contributed by atoms with Gasteiger partial charge in [0.05, 0.1) is 11.5 Å². The molecule has 0 aliphatic rings. The van der Waals surface area contributed by atoms with Crippen molar-refractivity contribution in [3.63, 3.8) is 0 Å². The molecule has 1 rings (SSSR count). The van der Waals surface area contributed by atoms with E-state index in [0.717, 1.165) is 24.8 Å². The Labute approximate surface area is 100 Å². The summed E-state index contributed by atoms with van der Waals surface area (Å²) in [6, 6.07) is 4.82. The zero-order valence-corrected chi connectivity index (χ0v) is 9.89. The third-order valence-electron chi connectivity index (χ3n) is 2.37. The summed E-state index contributed by atoms with van der Waals surface area (Å²) < 4.78 is 5.40. The number of benzene rings is 1. The Morgan fingerprint density at radius 2 is 2.12 bits per heavy atom. The first-order chi connectivity index (χ1) is 8.15. The van der Waals surface area contributed by atoms with Gasteiger partial charge in [-0.05, 0) is 37.8 Å². The second kappa shape index (κ2) is 6.85. The zero-order chi connectivity index (χ0) is 12.7. The first-order valence-corrected chi connectivity index (χ1v) is 5.64. The predicted molar refractivity (Wildman–Crippen MR) is 64.3 cm³/mol. The first kappa shape index (κ1) is 13.4. The lowest BCUT2D eigenvalue weighted by Gasteiger charge is -2.07. The second-order valence-corrected chi connectivity index (χ2v) is 3.86. The number of aliphatic hydroxyl groups excluding tert-OH is 1. The first-order valence-electron chi connectivity index (χ1n) is 5.64. The van der Waals surface area contributed by atoms with E-state index in [9.17, 15) is 10.1 Å². The van der Waals surface area contributed by atoms with E-state index in [2.05, 4.69) is 0 Å². The number of rotatable bonds is 7. The average molecular weight is 239 g/mol. The molecule has 94 valence electrons. The monoisotopic (exact) mass is 239 g/mol. The molecule has 5 nitrogen and oxygen atoms in total. The molecule has 0 radical (unpaired) electrons. The number of nitro groups is 1. The van der Waals surface area contributed by atoms with Crippen LogP contribution in [0.2, 0.25) is 0 Å². The van der Waals surface area contributed by atoms with E-state index in [-0.39, 0.29) is 12.3 Å². The van der Waals surface area contributed by atoms with Gasteiger partial charge in [0.15, 0.2) is 5.75 Å². The molecule has 0 fully saturated rings. The predicted octanol–water partition coefficient (Wildman–Crippen LogP) is 2.44. The molecule has 0 bridgehead atoms. The Bertz CT molecular complexity index is 379. The van der Waals surface area contributed by atoms with Gasteiger partial charge in [-0.2, -0.15) is 0 Å². The van der Waals surface area contributed by atoms with Crippen LogP contribution in [0.1, 0.15) is 24.8 Å². The zero-order valence-electron chi connectivity index (χ0n) is 9.89. The number of aliphatic hydroxyl groups is 1. The number of nitrogens with zero attached hydrogens (tertiary/aromatic N) is 1. The Hall–Kier alpha value is -1.62. The van der Waals surface area contributed by atoms with Crippen molar-refractivity contribution in [3.05, 3.63) is 33.9 Å². The van der Waals surface area contributed by atoms with Crippen molar-refractivity contribution in [1.29, 1.82) is 0 Å². The molecule has 5 heteroatoms. The van der Waals surface area contributed by atoms with Gasteiger partial charge >= 0.3 is 5.69 Å². The van der Waals surface area contributed by atoms with Crippen LogP contribution in [0.25, 0.3) is 0 Å². The number of hydrogen-bond donors (Lipinski definition) is 1. The Morgan fingerprint density at radius 1 is 1.35 bits per heavy atom. The van der Waals surface area contributed by atoms with E-state index < -0.39 is 4.92 Å². The molecule has 0 aliphatic heterocycles. The van der Waals surface area contributed by atoms with Gasteiger partial charge < -0.3 is 9.84 Å². The van der Waals surface area contributed by atoms with Crippen LogP contribution in [-0.4, -0.2) is 23.2 Å². The van der Waals surface area contributed by atoms with Crippen LogP contribution in [0.15, 0.2) is 18.2 Å². The summed E-state index contributed by atoms with van der Waals surface area (Å²) >= 11 is 0. The maximum atomic E-state index is 10.8. The topological polar surface area (TPSA) is 72.6 Å². The number of nitro benzene ring substituents is 1. The highest BCUT2D eigenvalue weighted by Crippen LogP contribution is 2.27. The maximum absolute atomic E-state index is 10.8. The van der Waals surface area contributed by atoms with E-state index in [1.807, 2.05) is 6.92 Å². The Kier molecular flexibility index (Phi) is 5.42. The fourth-order valence-corrected chi connectivity index (χ4v) is 1.46. The van der Waals surface area contributed by atoms with Crippen LogP contribution < -0.4 is 4.74 Å². The molecular weight excluding hydrogens is 222 g/mol. The molecule has 1 aromatic rings. The summed E-state index contributed by atoms with van der Waals surface area (Å²) in [6.07, 6.45) is 2.38. The molecule has 0 aromatic heterocycles. The second-order valence-electron chi connectivity index (χ2n) is 3.86. The molecule has 1 aromatic carbocycles. The molecule has 0 saturated carbocycles. The molecule has 1 N–H and O–H groups in total. The van der Waals surface area contributed by atoms with Crippen LogP contribution in [0.5, 0.6) is 5.75 Å². The molecule has 0 heterocycles. The number of unbranched alkanes of at least 4 members (excludes halogenated alkanes) is 2. The van der Waals surface area contributed by atoms with Crippen LogP contribution in [0, 0.1) is 17.0 Å². The van der Waals surface area contributed by atoms with E-state index in [0.29, 0.717) is 12.4 Å². The van der Waals surface area contributed by atoms with Crippen molar-refractivity contribution < 1.29 is 14.8 Å². The molecular formula is C12H17NO4. The van der Waals surface area contributed by atoms with E-state index in [1.54, 1.807) is 12.1 Å².